The lowest BCUT2D eigenvalue weighted by Gasteiger charge is -2.39. The average Bonchev–Trinajstić information content (AvgIpc) is 3.88. The maximum absolute atomic E-state index is 14.0. The van der Waals surface area contributed by atoms with Crippen LogP contribution in [0.1, 0.15) is 31.7 Å². The van der Waals surface area contributed by atoms with E-state index in [-0.39, 0.29) is 24.3 Å². The van der Waals surface area contributed by atoms with Gasteiger partial charge in [-0.25, -0.2) is 13.2 Å². The third kappa shape index (κ3) is 8.64. The van der Waals surface area contributed by atoms with E-state index in [0.29, 0.717) is 88.6 Å². The average molecular weight is 674 g/mol. The van der Waals surface area contributed by atoms with Crippen LogP contribution in [0.5, 0.6) is 0 Å². The van der Waals surface area contributed by atoms with Gasteiger partial charge in [0.25, 0.3) is 0 Å². The van der Waals surface area contributed by atoms with E-state index >= 15 is 0 Å². The fourth-order valence-electron chi connectivity index (χ4n) is 6.16. The molecule has 0 bridgehead atoms. The van der Waals surface area contributed by atoms with E-state index in [2.05, 4.69) is 4.90 Å². The molecule has 1 unspecified atom stereocenters. The number of anilines is 2. The predicted molar refractivity (Wildman–Crippen MR) is 179 cm³/mol. The number of sulfonamides is 1. The first-order valence-corrected chi connectivity index (χ1v) is 18.3. The molecule has 0 radical (unpaired) electrons. The van der Waals surface area contributed by atoms with Crippen LogP contribution in [0.25, 0.3) is 0 Å². The maximum atomic E-state index is 14.0. The number of carbonyl (C=O) groups excluding carboxylic acids is 3. The molecule has 0 aromatic heterocycles. The Bertz CT molecular complexity index is 1490. The van der Waals surface area contributed by atoms with Crippen LogP contribution in [0, 0.1) is 11.8 Å². The van der Waals surface area contributed by atoms with Gasteiger partial charge in [0.2, 0.25) is 21.8 Å². The summed E-state index contributed by atoms with van der Waals surface area (Å²) in [7, 11) is -3.46. The number of amides is 3. The summed E-state index contributed by atoms with van der Waals surface area (Å²) >= 11 is 6.11. The van der Waals surface area contributed by atoms with Crippen molar-refractivity contribution in [3.63, 3.8) is 0 Å². The largest absolute Gasteiger partial charge is 0.450 e. The molecule has 3 amide bonds. The zero-order chi connectivity index (χ0) is 32.8. The van der Waals surface area contributed by atoms with Crippen LogP contribution in [0.3, 0.4) is 0 Å². The summed E-state index contributed by atoms with van der Waals surface area (Å²) in [5.74, 6) is -0.360. The maximum Gasteiger partial charge on any atom is 0.409 e. The van der Waals surface area contributed by atoms with Gasteiger partial charge in [0.05, 0.1) is 30.2 Å². The Labute approximate surface area is 277 Å². The van der Waals surface area contributed by atoms with Crippen LogP contribution in [-0.4, -0.2) is 113 Å². The molecule has 0 N–H and O–H groups in total. The minimum absolute atomic E-state index is 0.0639. The molecule has 1 atom stereocenters. The molecule has 2 aliphatic heterocycles. The van der Waals surface area contributed by atoms with Crippen LogP contribution in [0.2, 0.25) is 5.02 Å². The number of para-hydroxylation sites is 2. The Hall–Kier alpha value is -3.51. The molecule has 11 nitrogen and oxygen atoms in total. The highest BCUT2D eigenvalue weighted by Crippen LogP contribution is 2.37. The van der Waals surface area contributed by atoms with Gasteiger partial charge in [-0.1, -0.05) is 35.9 Å². The molecular weight excluding hydrogens is 630 g/mol. The molecule has 250 valence electrons. The molecule has 46 heavy (non-hydrogen) atoms. The fraction of sp³-hybridized carbons (Fsp3) is 0.545. The van der Waals surface area contributed by atoms with Gasteiger partial charge in [-0.05, 0) is 61.9 Å². The second kappa shape index (κ2) is 14.9. The highest BCUT2D eigenvalue weighted by Gasteiger charge is 2.34. The summed E-state index contributed by atoms with van der Waals surface area (Å²) in [5.41, 5.74) is 2.44. The Morgan fingerprint density at radius 2 is 1.50 bits per heavy atom. The van der Waals surface area contributed by atoms with Crippen molar-refractivity contribution in [2.75, 3.05) is 81.0 Å². The highest BCUT2D eigenvalue weighted by molar-refractivity contribution is 7.92. The van der Waals surface area contributed by atoms with Gasteiger partial charge in [-0.2, -0.15) is 0 Å². The molecule has 2 saturated heterocycles. The van der Waals surface area contributed by atoms with Gasteiger partial charge in [-0.3, -0.25) is 13.9 Å². The Balaban J connectivity index is 1.26. The van der Waals surface area contributed by atoms with Crippen LogP contribution in [0.15, 0.2) is 48.5 Å². The van der Waals surface area contributed by atoms with Crippen molar-refractivity contribution < 1.29 is 27.5 Å². The fourth-order valence-corrected chi connectivity index (χ4v) is 7.28. The zero-order valence-electron chi connectivity index (χ0n) is 26.6. The molecule has 2 aromatic rings. The van der Waals surface area contributed by atoms with Gasteiger partial charge in [0, 0.05) is 70.3 Å². The lowest BCUT2D eigenvalue weighted by atomic mass is 9.93. The summed E-state index contributed by atoms with van der Waals surface area (Å²) in [6.07, 6.45) is 3.42. The zero-order valence-corrected chi connectivity index (χ0v) is 28.2. The number of benzene rings is 2. The molecule has 2 heterocycles. The molecule has 13 heteroatoms. The van der Waals surface area contributed by atoms with Crippen molar-refractivity contribution in [3.05, 3.63) is 59.1 Å². The van der Waals surface area contributed by atoms with E-state index in [1.807, 2.05) is 41.3 Å². The molecular formula is C33H44ClN5O6S. The molecule has 3 fully saturated rings. The number of rotatable bonds is 11. The number of carbonyl (C=O) groups is 3. The van der Waals surface area contributed by atoms with Gasteiger partial charge in [0.1, 0.15) is 0 Å². The monoisotopic (exact) mass is 673 g/mol. The van der Waals surface area contributed by atoms with E-state index in [1.165, 1.54) is 10.6 Å². The number of hydrogen-bond acceptors (Lipinski definition) is 7. The number of halogens is 1. The lowest BCUT2D eigenvalue weighted by molar-refractivity contribution is -0.142. The van der Waals surface area contributed by atoms with Gasteiger partial charge >= 0.3 is 6.09 Å². The Morgan fingerprint density at radius 3 is 2.11 bits per heavy atom. The molecule has 1 saturated carbocycles. The van der Waals surface area contributed by atoms with E-state index in [9.17, 15) is 22.8 Å². The topological polar surface area (TPSA) is 111 Å². The number of piperazine rings is 2. The van der Waals surface area contributed by atoms with Crippen molar-refractivity contribution in [2.45, 2.75) is 32.6 Å². The van der Waals surface area contributed by atoms with Crippen LogP contribution in [-0.2, 0) is 30.8 Å². The van der Waals surface area contributed by atoms with Crippen LogP contribution < -0.4 is 9.21 Å². The van der Waals surface area contributed by atoms with Crippen LogP contribution >= 0.6 is 11.6 Å². The number of nitrogens with zero attached hydrogens (tertiary/aromatic N) is 5. The first kappa shape index (κ1) is 33.8. The smallest absolute Gasteiger partial charge is 0.409 e. The Morgan fingerprint density at radius 1 is 0.891 bits per heavy atom. The van der Waals surface area contributed by atoms with E-state index < -0.39 is 15.9 Å². The van der Waals surface area contributed by atoms with Crippen molar-refractivity contribution in [1.82, 2.24) is 14.7 Å². The van der Waals surface area contributed by atoms with Crippen molar-refractivity contribution in [1.29, 1.82) is 0 Å². The van der Waals surface area contributed by atoms with E-state index in [1.54, 1.807) is 28.9 Å². The number of ether oxygens (including phenoxy) is 1. The second-order valence-electron chi connectivity index (χ2n) is 12.3. The second-order valence-corrected chi connectivity index (χ2v) is 14.7. The van der Waals surface area contributed by atoms with Gasteiger partial charge in [0.15, 0.2) is 0 Å². The minimum Gasteiger partial charge on any atom is -0.450 e. The molecule has 5 rings (SSSR count). The third-order valence-electron chi connectivity index (χ3n) is 8.93. The van der Waals surface area contributed by atoms with Gasteiger partial charge < -0.3 is 24.3 Å². The summed E-state index contributed by atoms with van der Waals surface area (Å²) in [6.45, 7) is 6.10. The first-order chi connectivity index (χ1) is 22.0. The minimum atomic E-state index is -3.46. The first-order valence-electron chi connectivity index (χ1n) is 16.1. The van der Waals surface area contributed by atoms with E-state index in [0.717, 1.165) is 24.1 Å². The molecule has 2 aromatic carbocycles. The van der Waals surface area contributed by atoms with Crippen molar-refractivity contribution in [2.24, 2.45) is 11.8 Å². The Kier molecular flexibility index (Phi) is 11.0. The van der Waals surface area contributed by atoms with Gasteiger partial charge in [-0.15, -0.1) is 0 Å². The SMILES string of the molecule is CCOC(=O)N1CCN(C(=O)CC(Cc2ccc(Cl)cc2)C(=O)N2CCN(c3ccccc3N(CC3CC3)S(C)(=O)=O)CC2)CC1. The summed E-state index contributed by atoms with van der Waals surface area (Å²) in [5, 5.41) is 0.602. The predicted octanol–water partition coefficient (Wildman–Crippen LogP) is 3.71. The highest BCUT2D eigenvalue weighted by atomic mass is 35.5. The molecule has 3 aliphatic rings. The lowest BCUT2D eigenvalue weighted by Crippen LogP contribution is -2.53. The molecule has 0 spiro atoms. The quantitative estimate of drug-likeness (QED) is 0.358. The standard InChI is InChI=1S/C33H44ClN5O6S/c1-3-45-33(42)38-20-16-36(17-21-38)31(40)23-27(22-25-10-12-28(34)13-11-25)32(41)37-18-14-35(15-19-37)29-6-4-5-7-30(29)39(46(2,43)44)24-26-8-9-26/h4-7,10-13,26-27H,3,8-9,14-24H2,1-2H3. The van der Waals surface area contributed by atoms with E-state index in [4.69, 9.17) is 16.3 Å². The summed E-state index contributed by atoms with van der Waals surface area (Å²) in [4.78, 5) is 46.9. The van der Waals surface area contributed by atoms with Crippen molar-refractivity contribution in [3.8, 4) is 0 Å². The van der Waals surface area contributed by atoms with Crippen molar-refractivity contribution >= 4 is 50.9 Å². The normalized spacial score (nSPS) is 17.9. The summed E-state index contributed by atoms with van der Waals surface area (Å²) in [6, 6.07) is 14.9. The number of hydrogen-bond donors (Lipinski definition) is 0. The summed E-state index contributed by atoms with van der Waals surface area (Å²) < 4.78 is 32.2. The third-order valence-corrected chi connectivity index (χ3v) is 10.3. The van der Waals surface area contributed by atoms with Crippen LogP contribution in [0.4, 0.5) is 16.2 Å². The molecule has 1 aliphatic carbocycles.